The third kappa shape index (κ3) is 4.47. The lowest BCUT2D eigenvalue weighted by Gasteiger charge is -2.41. The van der Waals surface area contributed by atoms with Crippen LogP contribution in [0.25, 0.3) is 0 Å². The van der Waals surface area contributed by atoms with Crippen molar-refractivity contribution < 1.29 is 19.7 Å². The fourth-order valence-corrected chi connectivity index (χ4v) is 3.70. The van der Waals surface area contributed by atoms with Gasteiger partial charge in [0, 0.05) is 19.4 Å². The van der Waals surface area contributed by atoms with Crippen LogP contribution in [-0.2, 0) is 9.47 Å². The highest BCUT2D eigenvalue weighted by Crippen LogP contribution is 2.45. The van der Waals surface area contributed by atoms with Gasteiger partial charge in [-0.1, -0.05) is 27.4 Å². The molecule has 2 N–H and O–H groups in total. The molecular weight excluding hydrogens is 294 g/mol. The Hall–Kier alpha value is -0.620. The second-order valence-corrected chi connectivity index (χ2v) is 8.14. The van der Waals surface area contributed by atoms with Gasteiger partial charge in [-0.15, -0.1) is 0 Å². The molecule has 1 aliphatic carbocycles. The Kier molecular flexibility index (Phi) is 5.77. The molecule has 2 rings (SSSR count). The van der Waals surface area contributed by atoms with Gasteiger partial charge >= 0.3 is 0 Å². The Bertz CT molecular complexity index is 396. The van der Waals surface area contributed by atoms with Gasteiger partial charge in [0.1, 0.15) is 6.10 Å². The van der Waals surface area contributed by atoms with Crippen molar-refractivity contribution in [1.82, 2.24) is 4.90 Å². The van der Waals surface area contributed by atoms with E-state index in [2.05, 4.69) is 27.4 Å². The fraction of sp³-hybridized carbons (Fsp3) is 0.889. The van der Waals surface area contributed by atoms with E-state index in [4.69, 9.17) is 9.47 Å². The molecule has 134 valence electrons. The van der Waals surface area contributed by atoms with Gasteiger partial charge in [-0.05, 0) is 37.3 Å². The molecule has 1 aliphatic heterocycles. The zero-order chi connectivity index (χ0) is 17.3. The zero-order valence-corrected chi connectivity index (χ0v) is 15.0. The summed E-state index contributed by atoms with van der Waals surface area (Å²) in [6.07, 6.45) is 3.73. The van der Waals surface area contributed by atoms with Crippen LogP contribution in [0.3, 0.4) is 0 Å². The van der Waals surface area contributed by atoms with Crippen LogP contribution in [0.1, 0.15) is 53.4 Å². The van der Waals surface area contributed by atoms with Crippen molar-refractivity contribution in [2.24, 2.45) is 11.3 Å². The van der Waals surface area contributed by atoms with Crippen LogP contribution >= 0.6 is 0 Å². The van der Waals surface area contributed by atoms with E-state index >= 15 is 0 Å². The maximum Gasteiger partial charge on any atom is 0.169 e. The van der Waals surface area contributed by atoms with E-state index in [9.17, 15) is 10.2 Å². The largest absolute Gasteiger partial charge is 0.389 e. The van der Waals surface area contributed by atoms with E-state index in [1.807, 2.05) is 0 Å². The van der Waals surface area contributed by atoms with Crippen molar-refractivity contribution >= 4 is 0 Å². The summed E-state index contributed by atoms with van der Waals surface area (Å²) in [6.45, 7) is 13.2. The summed E-state index contributed by atoms with van der Waals surface area (Å²) in [5.41, 5.74) is 0.334. The fourth-order valence-electron chi connectivity index (χ4n) is 3.70. The molecular formula is C18H33NO4. The van der Waals surface area contributed by atoms with Crippen molar-refractivity contribution in [2.45, 2.75) is 77.6 Å². The molecule has 3 unspecified atom stereocenters. The van der Waals surface area contributed by atoms with Gasteiger partial charge in [-0.25, -0.2) is 0 Å². The second-order valence-electron chi connectivity index (χ2n) is 8.14. The predicted octanol–water partition coefficient (Wildman–Crippen LogP) is 2.48. The first-order valence-corrected chi connectivity index (χ1v) is 8.73. The molecule has 2 aliphatic rings. The minimum absolute atomic E-state index is 0.104. The topological polar surface area (TPSA) is 62.2 Å². The molecule has 5 heteroatoms. The highest BCUT2D eigenvalue weighted by molar-refractivity contribution is 4.90. The average molecular weight is 327 g/mol. The maximum atomic E-state index is 9.98. The van der Waals surface area contributed by atoms with E-state index < -0.39 is 18.1 Å². The molecule has 0 aromatic heterocycles. The molecule has 1 heterocycles. The Labute approximate surface area is 140 Å². The van der Waals surface area contributed by atoms with E-state index in [1.54, 1.807) is 18.0 Å². The lowest BCUT2D eigenvalue weighted by molar-refractivity contribution is -0.199. The molecule has 2 fully saturated rings. The van der Waals surface area contributed by atoms with Crippen molar-refractivity contribution in [3.05, 3.63) is 12.8 Å². The van der Waals surface area contributed by atoms with Crippen molar-refractivity contribution in [3.63, 3.8) is 0 Å². The first kappa shape index (κ1) is 18.7. The number of ether oxygens (including phenoxy) is 2. The molecule has 0 radical (unpaired) electrons. The van der Waals surface area contributed by atoms with Gasteiger partial charge in [-0.2, -0.15) is 0 Å². The van der Waals surface area contributed by atoms with Crippen LogP contribution in [0, 0.1) is 11.3 Å². The number of rotatable bonds is 5. The Balaban J connectivity index is 1.88. The molecule has 5 nitrogen and oxygen atoms in total. The minimum atomic E-state index is -0.968. The lowest BCUT2D eigenvalue weighted by Crippen LogP contribution is -2.44. The van der Waals surface area contributed by atoms with E-state index in [0.29, 0.717) is 24.5 Å². The first-order chi connectivity index (χ1) is 10.7. The number of aliphatic hydroxyl groups excluding tert-OH is 2. The van der Waals surface area contributed by atoms with Crippen molar-refractivity contribution in [3.8, 4) is 0 Å². The maximum absolute atomic E-state index is 9.98. The molecule has 0 aromatic rings. The summed E-state index contributed by atoms with van der Waals surface area (Å²) >= 11 is 0. The number of hydrogen-bond donors (Lipinski definition) is 2. The van der Waals surface area contributed by atoms with Gasteiger partial charge in [0.25, 0.3) is 0 Å². The third-order valence-electron chi connectivity index (χ3n) is 5.31. The number of aliphatic hydroxyl groups is 2. The Morgan fingerprint density at radius 1 is 1.30 bits per heavy atom. The van der Waals surface area contributed by atoms with Gasteiger partial charge in [0.15, 0.2) is 12.0 Å². The van der Waals surface area contributed by atoms with Crippen LogP contribution in [0.5, 0.6) is 0 Å². The average Bonchev–Trinajstić information content (AvgIpc) is 2.86. The zero-order valence-electron chi connectivity index (χ0n) is 15.0. The van der Waals surface area contributed by atoms with Crippen LogP contribution in [0.2, 0.25) is 0 Å². The molecule has 1 spiro atoms. The SMILES string of the molecule is C=CN(CC1COC2(CCC(C(C)(C)C)CC2)O1)C(O)C(C)O. The van der Waals surface area contributed by atoms with E-state index in [1.165, 1.54) is 0 Å². The molecule has 0 amide bonds. The number of nitrogens with zero attached hydrogens (tertiary/aromatic N) is 1. The van der Waals surface area contributed by atoms with Crippen LogP contribution < -0.4 is 0 Å². The predicted molar refractivity (Wildman–Crippen MR) is 89.6 cm³/mol. The summed E-state index contributed by atoms with van der Waals surface area (Å²) in [5, 5.41) is 19.5. The molecule has 0 bridgehead atoms. The second kappa shape index (κ2) is 7.09. The van der Waals surface area contributed by atoms with E-state index in [0.717, 1.165) is 25.7 Å². The Morgan fingerprint density at radius 2 is 1.91 bits per heavy atom. The molecule has 1 saturated carbocycles. The van der Waals surface area contributed by atoms with Crippen molar-refractivity contribution in [1.29, 1.82) is 0 Å². The van der Waals surface area contributed by atoms with Gasteiger partial charge < -0.3 is 24.6 Å². The van der Waals surface area contributed by atoms with Crippen LogP contribution in [-0.4, -0.2) is 52.5 Å². The summed E-state index contributed by atoms with van der Waals surface area (Å²) < 4.78 is 12.2. The minimum Gasteiger partial charge on any atom is -0.389 e. The van der Waals surface area contributed by atoms with Gasteiger partial charge in [0.2, 0.25) is 0 Å². The van der Waals surface area contributed by atoms with E-state index in [-0.39, 0.29) is 6.10 Å². The quantitative estimate of drug-likeness (QED) is 0.760. The summed E-state index contributed by atoms with van der Waals surface area (Å²) in [4.78, 5) is 1.61. The highest BCUT2D eigenvalue weighted by Gasteiger charge is 2.46. The first-order valence-electron chi connectivity index (χ1n) is 8.73. The van der Waals surface area contributed by atoms with Crippen molar-refractivity contribution in [2.75, 3.05) is 13.2 Å². The standard InChI is InChI=1S/C18H33NO4/c1-6-19(16(21)13(2)20)11-15-12-22-18(23-15)9-7-14(8-10-18)17(3,4)5/h6,13-16,20-21H,1,7-12H2,2-5H3. The Morgan fingerprint density at radius 3 is 2.39 bits per heavy atom. The molecule has 0 aromatic carbocycles. The summed E-state index contributed by atoms with van der Waals surface area (Å²) in [6, 6.07) is 0. The third-order valence-corrected chi connectivity index (χ3v) is 5.31. The molecule has 1 saturated heterocycles. The van der Waals surface area contributed by atoms with Crippen LogP contribution in [0.15, 0.2) is 12.8 Å². The van der Waals surface area contributed by atoms with Crippen LogP contribution in [0.4, 0.5) is 0 Å². The van der Waals surface area contributed by atoms with Gasteiger partial charge in [-0.3, -0.25) is 0 Å². The van der Waals surface area contributed by atoms with Gasteiger partial charge in [0.05, 0.1) is 12.7 Å². The summed E-state index contributed by atoms with van der Waals surface area (Å²) in [5.74, 6) is 0.260. The summed E-state index contributed by atoms with van der Waals surface area (Å²) in [7, 11) is 0. The smallest absolute Gasteiger partial charge is 0.169 e. The molecule has 23 heavy (non-hydrogen) atoms. The monoisotopic (exact) mass is 327 g/mol. The lowest BCUT2D eigenvalue weighted by atomic mass is 9.71. The highest BCUT2D eigenvalue weighted by atomic mass is 16.7. The normalized spacial score (nSPS) is 34.3. The molecule has 3 atom stereocenters. The number of hydrogen-bond acceptors (Lipinski definition) is 5.